The number of Topliss-reactive ketones (excluding diaryl/α,β-unsaturated/α-hetero) is 1. The number of ketones is 1. The number of ether oxygens (including phenoxy) is 3. The lowest BCUT2D eigenvalue weighted by Crippen LogP contribution is -2.36. The van der Waals surface area contributed by atoms with Gasteiger partial charge >= 0.3 is 0 Å². The van der Waals surface area contributed by atoms with E-state index in [-0.39, 0.29) is 50.9 Å². The quantitative estimate of drug-likeness (QED) is 0.224. The second kappa shape index (κ2) is 12.8. The highest BCUT2D eigenvalue weighted by atomic mass is 35.5. The molecule has 0 aromatic heterocycles. The van der Waals surface area contributed by atoms with Crippen molar-refractivity contribution in [3.63, 3.8) is 0 Å². The van der Waals surface area contributed by atoms with Crippen molar-refractivity contribution in [1.82, 2.24) is 10.0 Å². The number of halogens is 2. The molecule has 0 saturated carbocycles. The maximum Gasteiger partial charge on any atom is 0.257 e. The summed E-state index contributed by atoms with van der Waals surface area (Å²) in [6.45, 7) is 5.02. The van der Waals surface area contributed by atoms with Gasteiger partial charge in [0.1, 0.15) is 27.2 Å². The third-order valence-electron chi connectivity index (χ3n) is 4.80. The first-order valence-electron chi connectivity index (χ1n) is 10.4. The maximum atomic E-state index is 12.5. The topological polar surface area (TPSA) is 120 Å². The van der Waals surface area contributed by atoms with Crippen LogP contribution in [0.5, 0.6) is 17.2 Å². The second-order valence-electron chi connectivity index (χ2n) is 7.08. The minimum Gasteiger partial charge on any atom is -0.497 e. The van der Waals surface area contributed by atoms with E-state index < -0.39 is 22.5 Å². The summed E-state index contributed by atoms with van der Waals surface area (Å²) < 4.78 is 43.0. The number of carbonyl (C=O) groups is 2. The highest BCUT2D eigenvalue weighted by Crippen LogP contribution is 2.35. The molecule has 0 radical (unpaired) electrons. The maximum absolute atomic E-state index is 12.5. The number of methoxy groups -OCH3 is 2. The molecule has 0 unspecified atom stereocenters. The summed E-state index contributed by atoms with van der Waals surface area (Å²) in [4.78, 5) is 24.3. The predicted molar refractivity (Wildman–Crippen MR) is 133 cm³/mol. The number of amides is 1. The van der Waals surface area contributed by atoms with Crippen molar-refractivity contribution in [2.24, 2.45) is 0 Å². The van der Waals surface area contributed by atoms with Crippen LogP contribution in [-0.2, 0) is 14.8 Å². The number of allylic oxidation sites excluding steroid dienone is 1. The standard InChI is InChI=1S/C23H26Cl2N2O7S/c1-5-14(2)23(29)16-7-8-17(22(25)21(16)24)34-13-20(28)26-10-11-27-35(30,31)19-9-6-15(32-3)12-18(19)33-4/h6-9,12,27H,2,5,10-11,13H2,1,3-4H3,(H,26,28). The second-order valence-corrected chi connectivity index (χ2v) is 9.57. The molecule has 35 heavy (non-hydrogen) atoms. The molecule has 0 heterocycles. The van der Waals surface area contributed by atoms with Crippen molar-refractivity contribution in [2.45, 2.75) is 18.2 Å². The van der Waals surface area contributed by atoms with E-state index in [0.717, 1.165) is 0 Å². The zero-order chi connectivity index (χ0) is 26.2. The van der Waals surface area contributed by atoms with Crippen LogP contribution >= 0.6 is 23.2 Å². The van der Waals surface area contributed by atoms with Gasteiger partial charge in [-0.05, 0) is 36.3 Å². The molecule has 0 saturated heterocycles. The number of hydrogen-bond acceptors (Lipinski definition) is 7. The fraction of sp³-hybridized carbons (Fsp3) is 0.304. The molecule has 2 aromatic carbocycles. The van der Waals surface area contributed by atoms with E-state index in [1.807, 2.05) is 0 Å². The number of carbonyl (C=O) groups excluding carboxylic acids is 2. The van der Waals surface area contributed by atoms with E-state index in [0.29, 0.717) is 17.7 Å². The van der Waals surface area contributed by atoms with E-state index in [2.05, 4.69) is 16.6 Å². The van der Waals surface area contributed by atoms with Crippen molar-refractivity contribution in [3.05, 3.63) is 58.1 Å². The normalized spacial score (nSPS) is 11.0. The van der Waals surface area contributed by atoms with Gasteiger partial charge in [-0.3, -0.25) is 9.59 Å². The molecule has 0 atom stereocenters. The van der Waals surface area contributed by atoms with Gasteiger partial charge in [-0.1, -0.05) is 36.7 Å². The van der Waals surface area contributed by atoms with E-state index in [1.165, 1.54) is 44.6 Å². The highest BCUT2D eigenvalue weighted by Gasteiger charge is 2.20. The lowest BCUT2D eigenvalue weighted by molar-refractivity contribution is -0.123. The van der Waals surface area contributed by atoms with Gasteiger partial charge in [-0.25, -0.2) is 13.1 Å². The van der Waals surface area contributed by atoms with E-state index in [9.17, 15) is 18.0 Å². The molecule has 0 spiro atoms. The monoisotopic (exact) mass is 544 g/mol. The zero-order valence-electron chi connectivity index (χ0n) is 19.4. The Labute approximate surface area is 214 Å². The Morgan fingerprint density at radius 1 is 1.00 bits per heavy atom. The van der Waals surface area contributed by atoms with E-state index in [1.54, 1.807) is 6.92 Å². The first-order valence-corrected chi connectivity index (χ1v) is 12.6. The van der Waals surface area contributed by atoms with Gasteiger partial charge in [0.05, 0.1) is 19.2 Å². The van der Waals surface area contributed by atoms with Gasteiger partial charge in [-0.15, -0.1) is 0 Å². The highest BCUT2D eigenvalue weighted by molar-refractivity contribution is 7.89. The van der Waals surface area contributed by atoms with Gasteiger partial charge in [0.15, 0.2) is 12.4 Å². The first-order chi connectivity index (χ1) is 16.5. The molecule has 0 fully saturated rings. The van der Waals surface area contributed by atoms with Crippen LogP contribution < -0.4 is 24.2 Å². The lowest BCUT2D eigenvalue weighted by Gasteiger charge is -2.13. The third-order valence-corrected chi connectivity index (χ3v) is 7.16. The smallest absolute Gasteiger partial charge is 0.257 e. The van der Waals surface area contributed by atoms with E-state index in [4.69, 9.17) is 37.4 Å². The average Bonchev–Trinajstić information content (AvgIpc) is 2.86. The lowest BCUT2D eigenvalue weighted by atomic mass is 10.0. The molecule has 2 rings (SSSR count). The summed E-state index contributed by atoms with van der Waals surface area (Å²) in [5, 5.41) is 2.53. The largest absolute Gasteiger partial charge is 0.497 e. The molecule has 9 nitrogen and oxygen atoms in total. The van der Waals surface area contributed by atoms with Crippen LogP contribution in [-0.4, -0.2) is 54.0 Å². The Morgan fingerprint density at radius 2 is 1.71 bits per heavy atom. The van der Waals surface area contributed by atoms with Crippen molar-refractivity contribution in [2.75, 3.05) is 33.9 Å². The van der Waals surface area contributed by atoms with Crippen LogP contribution in [0.1, 0.15) is 23.7 Å². The predicted octanol–water partition coefficient (Wildman–Crippen LogP) is 3.63. The van der Waals surface area contributed by atoms with Gasteiger partial charge in [0, 0.05) is 24.7 Å². The van der Waals surface area contributed by atoms with Crippen molar-refractivity contribution < 1.29 is 32.2 Å². The Balaban J connectivity index is 1.89. The SMILES string of the molecule is C=C(CC)C(=O)c1ccc(OCC(=O)NCCNS(=O)(=O)c2ccc(OC)cc2OC)c(Cl)c1Cl. The third kappa shape index (κ3) is 7.35. The summed E-state index contributed by atoms with van der Waals surface area (Å²) in [6.07, 6.45) is 0.467. The zero-order valence-corrected chi connectivity index (χ0v) is 21.8. The van der Waals surface area contributed by atoms with Gasteiger partial charge < -0.3 is 19.5 Å². The molecule has 0 aliphatic rings. The summed E-state index contributed by atoms with van der Waals surface area (Å²) >= 11 is 12.4. The molecule has 12 heteroatoms. The summed E-state index contributed by atoms with van der Waals surface area (Å²) in [5.74, 6) is -0.146. The Kier molecular flexibility index (Phi) is 10.4. The fourth-order valence-corrected chi connectivity index (χ4v) is 4.47. The molecule has 1 amide bonds. The minimum atomic E-state index is -3.89. The first kappa shape index (κ1) is 28.4. The van der Waals surface area contributed by atoms with E-state index >= 15 is 0 Å². The molecule has 190 valence electrons. The molecule has 2 N–H and O–H groups in total. The van der Waals surface area contributed by atoms with Crippen LogP contribution in [0.25, 0.3) is 0 Å². The molecular weight excluding hydrogens is 519 g/mol. The molecular formula is C23H26Cl2N2O7S. The van der Waals surface area contributed by atoms with Crippen molar-refractivity contribution >= 4 is 44.9 Å². The minimum absolute atomic E-state index is 0.000943. The number of hydrogen-bond donors (Lipinski definition) is 2. The molecule has 0 aliphatic carbocycles. The number of rotatable bonds is 13. The van der Waals surface area contributed by atoms with Crippen LogP contribution in [0, 0.1) is 0 Å². The van der Waals surface area contributed by atoms with Crippen LogP contribution in [0.2, 0.25) is 10.0 Å². The van der Waals surface area contributed by atoms with Crippen LogP contribution in [0.4, 0.5) is 0 Å². The number of benzene rings is 2. The summed E-state index contributed by atoms with van der Waals surface area (Å²) in [7, 11) is -1.09. The number of sulfonamides is 1. The average molecular weight is 545 g/mol. The Morgan fingerprint density at radius 3 is 2.34 bits per heavy atom. The summed E-state index contributed by atoms with van der Waals surface area (Å²) in [6, 6.07) is 7.20. The van der Waals surface area contributed by atoms with Crippen molar-refractivity contribution in [3.8, 4) is 17.2 Å². The van der Waals surface area contributed by atoms with Gasteiger partial charge in [-0.2, -0.15) is 0 Å². The van der Waals surface area contributed by atoms with Crippen LogP contribution in [0.3, 0.4) is 0 Å². The molecule has 0 bridgehead atoms. The fourth-order valence-electron chi connectivity index (χ4n) is 2.83. The Bertz CT molecular complexity index is 1220. The molecule has 2 aromatic rings. The number of nitrogens with one attached hydrogen (secondary N) is 2. The van der Waals surface area contributed by atoms with Gasteiger partial charge in [0.2, 0.25) is 10.0 Å². The summed E-state index contributed by atoms with van der Waals surface area (Å²) in [5.41, 5.74) is 0.582. The Hall–Kier alpha value is -2.79. The van der Waals surface area contributed by atoms with Crippen molar-refractivity contribution in [1.29, 1.82) is 0 Å². The van der Waals surface area contributed by atoms with Crippen LogP contribution in [0.15, 0.2) is 47.4 Å². The molecule has 0 aliphatic heterocycles. The van der Waals surface area contributed by atoms with Gasteiger partial charge in [0.25, 0.3) is 5.91 Å².